The lowest BCUT2D eigenvalue weighted by Crippen LogP contribution is -2.31. The Bertz CT molecular complexity index is 1190. The molecule has 8 heteroatoms. The molecule has 0 unspecified atom stereocenters. The molecule has 4 rings (SSSR count). The SMILES string of the molecule is CCCOc1ccc(C(O)=C2C(=O)C(=O)N(CCCn3ccnc3)[C@H]2c2cccc(Cl)c2)cc1. The fourth-order valence-corrected chi connectivity index (χ4v) is 4.26. The first kappa shape index (κ1) is 23.6. The van der Waals surface area contributed by atoms with Gasteiger partial charge in [0.25, 0.3) is 11.7 Å². The number of Topliss-reactive ketones (excluding diaryl/α,β-unsaturated/α-hetero) is 1. The van der Waals surface area contributed by atoms with E-state index in [4.69, 9.17) is 16.3 Å². The Balaban J connectivity index is 1.68. The summed E-state index contributed by atoms with van der Waals surface area (Å²) in [5.74, 6) is -0.899. The molecule has 1 aliphatic heterocycles. The van der Waals surface area contributed by atoms with Crippen molar-refractivity contribution in [1.82, 2.24) is 14.5 Å². The number of aliphatic hydroxyl groups is 1. The van der Waals surface area contributed by atoms with Gasteiger partial charge < -0.3 is 19.3 Å². The number of nitrogens with zero attached hydrogens (tertiary/aromatic N) is 3. The molecule has 1 aromatic heterocycles. The predicted molar refractivity (Wildman–Crippen MR) is 130 cm³/mol. The highest BCUT2D eigenvalue weighted by molar-refractivity contribution is 6.46. The summed E-state index contributed by atoms with van der Waals surface area (Å²) in [6, 6.07) is 13.1. The van der Waals surface area contributed by atoms with E-state index in [1.54, 1.807) is 61.1 Å². The fourth-order valence-electron chi connectivity index (χ4n) is 4.06. The summed E-state index contributed by atoms with van der Waals surface area (Å²) in [7, 11) is 0. The van der Waals surface area contributed by atoms with Crippen molar-refractivity contribution in [3.05, 3.63) is 89.0 Å². The van der Waals surface area contributed by atoms with Crippen molar-refractivity contribution in [3.8, 4) is 5.75 Å². The van der Waals surface area contributed by atoms with Crippen LogP contribution >= 0.6 is 11.6 Å². The van der Waals surface area contributed by atoms with Gasteiger partial charge in [-0.15, -0.1) is 0 Å². The Morgan fingerprint density at radius 2 is 1.94 bits per heavy atom. The third kappa shape index (κ3) is 4.99. The van der Waals surface area contributed by atoms with E-state index >= 15 is 0 Å². The minimum absolute atomic E-state index is 0.0529. The van der Waals surface area contributed by atoms with E-state index in [2.05, 4.69) is 4.98 Å². The number of ether oxygens (including phenoxy) is 1. The van der Waals surface area contributed by atoms with E-state index in [9.17, 15) is 14.7 Å². The van der Waals surface area contributed by atoms with Gasteiger partial charge in [-0.2, -0.15) is 0 Å². The zero-order chi connectivity index (χ0) is 24.1. The Labute approximate surface area is 203 Å². The largest absolute Gasteiger partial charge is 0.507 e. The molecule has 1 amide bonds. The standard InChI is InChI=1S/C26H26ClN3O4/c1-2-15-34-21-9-7-18(8-10-21)24(31)22-23(19-5-3-6-20(27)16-19)30(26(33)25(22)32)13-4-12-29-14-11-28-17-29/h3,5-11,14,16-17,23,31H,2,4,12-13,15H2,1H3/t23-/m0/s1. The molecule has 2 heterocycles. The van der Waals surface area contributed by atoms with E-state index in [1.807, 2.05) is 17.7 Å². The number of aliphatic hydroxyl groups excluding tert-OH is 1. The van der Waals surface area contributed by atoms with Crippen molar-refractivity contribution in [3.63, 3.8) is 0 Å². The molecule has 3 aromatic rings. The van der Waals surface area contributed by atoms with Crippen molar-refractivity contribution in [2.24, 2.45) is 0 Å². The van der Waals surface area contributed by atoms with Crippen molar-refractivity contribution >= 4 is 29.1 Å². The molecule has 0 aliphatic carbocycles. The lowest BCUT2D eigenvalue weighted by atomic mass is 9.95. The summed E-state index contributed by atoms with van der Waals surface area (Å²) in [6.45, 7) is 3.58. The molecule has 7 nitrogen and oxygen atoms in total. The molecule has 1 atom stereocenters. The Morgan fingerprint density at radius 1 is 1.15 bits per heavy atom. The average molecular weight is 480 g/mol. The molecule has 1 aliphatic rings. The molecule has 0 saturated carbocycles. The van der Waals surface area contributed by atoms with E-state index in [-0.39, 0.29) is 11.3 Å². The molecule has 34 heavy (non-hydrogen) atoms. The molecule has 0 spiro atoms. The van der Waals surface area contributed by atoms with Gasteiger partial charge in [-0.25, -0.2) is 4.98 Å². The van der Waals surface area contributed by atoms with Crippen LogP contribution in [-0.4, -0.2) is 44.4 Å². The number of halogens is 1. The number of aryl methyl sites for hydroxylation is 1. The second kappa shape index (κ2) is 10.6. The first-order valence-electron chi connectivity index (χ1n) is 11.2. The monoisotopic (exact) mass is 479 g/mol. The van der Waals surface area contributed by atoms with Crippen LogP contribution in [0.2, 0.25) is 5.02 Å². The van der Waals surface area contributed by atoms with Gasteiger partial charge in [-0.1, -0.05) is 30.7 Å². The zero-order valence-electron chi connectivity index (χ0n) is 18.9. The van der Waals surface area contributed by atoms with Crippen LogP contribution < -0.4 is 4.74 Å². The Kier molecular flexibility index (Phi) is 7.33. The Hall–Kier alpha value is -3.58. The number of ketones is 1. The number of aromatic nitrogens is 2. The summed E-state index contributed by atoms with van der Waals surface area (Å²) in [4.78, 5) is 31.7. The maximum absolute atomic E-state index is 13.1. The van der Waals surface area contributed by atoms with E-state index in [1.165, 1.54) is 4.90 Å². The van der Waals surface area contributed by atoms with Gasteiger partial charge in [0.05, 0.1) is 24.5 Å². The maximum atomic E-state index is 13.1. The quantitative estimate of drug-likeness (QED) is 0.270. The fraction of sp³-hybridized carbons (Fsp3) is 0.269. The van der Waals surface area contributed by atoms with E-state index in [0.29, 0.717) is 48.0 Å². The third-order valence-corrected chi connectivity index (χ3v) is 5.91. The van der Waals surface area contributed by atoms with Gasteiger partial charge in [0.2, 0.25) is 0 Å². The number of hydrogen-bond acceptors (Lipinski definition) is 5. The van der Waals surface area contributed by atoms with Crippen LogP contribution in [0, 0.1) is 0 Å². The number of carbonyl (C=O) groups is 2. The van der Waals surface area contributed by atoms with Crippen LogP contribution in [-0.2, 0) is 16.1 Å². The van der Waals surface area contributed by atoms with Crippen LogP contribution in [0.4, 0.5) is 0 Å². The van der Waals surface area contributed by atoms with Crippen LogP contribution in [0.1, 0.15) is 36.9 Å². The van der Waals surface area contributed by atoms with E-state index < -0.39 is 17.7 Å². The molecular weight excluding hydrogens is 454 g/mol. The average Bonchev–Trinajstić information content (AvgIpc) is 3.45. The third-order valence-electron chi connectivity index (χ3n) is 5.68. The van der Waals surface area contributed by atoms with Crippen molar-refractivity contribution < 1.29 is 19.4 Å². The highest BCUT2D eigenvalue weighted by Gasteiger charge is 2.45. The van der Waals surface area contributed by atoms with Crippen LogP contribution in [0.5, 0.6) is 5.75 Å². The molecular formula is C26H26ClN3O4. The smallest absolute Gasteiger partial charge is 0.295 e. The van der Waals surface area contributed by atoms with Gasteiger partial charge in [-0.3, -0.25) is 9.59 Å². The minimum atomic E-state index is -0.738. The molecule has 2 aromatic carbocycles. The summed E-state index contributed by atoms with van der Waals surface area (Å²) < 4.78 is 7.51. The summed E-state index contributed by atoms with van der Waals surface area (Å²) >= 11 is 6.23. The topological polar surface area (TPSA) is 84.7 Å². The lowest BCUT2D eigenvalue weighted by molar-refractivity contribution is -0.139. The van der Waals surface area contributed by atoms with Gasteiger partial charge >= 0.3 is 0 Å². The highest BCUT2D eigenvalue weighted by atomic mass is 35.5. The molecule has 0 bridgehead atoms. The summed E-state index contributed by atoms with van der Waals surface area (Å²) in [6.07, 6.45) is 6.74. The number of likely N-dealkylation sites (tertiary alicyclic amines) is 1. The minimum Gasteiger partial charge on any atom is -0.507 e. The number of carbonyl (C=O) groups excluding carboxylic acids is 2. The van der Waals surface area contributed by atoms with Gasteiger partial charge in [0.1, 0.15) is 11.5 Å². The number of amides is 1. The number of imidazole rings is 1. The van der Waals surface area contributed by atoms with Gasteiger partial charge in [-0.05, 0) is 54.8 Å². The molecule has 1 fully saturated rings. The predicted octanol–water partition coefficient (Wildman–Crippen LogP) is 4.84. The van der Waals surface area contributed by atoms with Crippen molar-refractivity contribution in [2.75, 3.05) is 13.2 Å². The van der Waals surface area contributed by atoms with Crippen LogP contribution in [0.3, 0.4) is 0 Å². The second-order valence-corrected chi connectivity index (χ2v) is 8.51. The number of rotatable bonds is 9. The van der Waals surface area contributed by atoms with Crippen LogP contribution in [0.15, 0.2) is 72.8 Å². The van der Waals surface area contributed by atoms with Crippen molar-refractivity contribution in [2.45, 2.75) is 32.4 Å². The molecule has 0 radical (unpaired) electrons. The van der Waals surface area contributed by atoms with Crippen LogP contribution in [0.25, 0.3) is 5.76 Å². The summed E-state index contributed by atoms with van der Waals surface area (Å²) in [5, 5.41) is 11.6. The second-order valence-electron chi connectivity index (χ2n) is 8.07. The van der Waals surface area contributed by atoms with Gasteiger partial charge in [0, 0.05) is 36.1 Å². The number of hydrogen-bond donors (Lipinski definition) is 1. The Morgan fingerprint density at radius 3 is 2.62 bits per heavy atom. The highest BCUT2D eigenvalue weighted by Crippen LogP contribution is 2.40. The molecule has 176 valence electrons. The number of benzene rings is 2. The summed E-state index contributed by atoms with van der Waals surface area (Å²) in [5.41, 5.74) is 1.16. The van der Waals surface area contributed by atoms with Crippen molar-refractivity contribution in [1.29, 1.82) is 0 Å². The zero-order valence-corrected chi connectivity index (χ0v) is 19.6. The maximum Gasteiger partial charge on any atom is 0.295 e. The first-order valence-corrected chi connectivity index (χ1v) is 11.6. The lowest BCUT2D eigenvalue weighted by Gasteiger charge is -2.25. The van der Waals surface area contributed by atoms with E-state index in [0.717, 1.165) is 6.42 Å². The van der Waals surface area contributed by atoms with Gasteiger partial charge in [0.15, 0.2) is 0 Å². The normalized spacial score (nSPS) is 17.4. The first-order chi connectivity index (χ1) is 16.5. The molecule has 1 N–H and O–H groups in total. The molecule has 1 saturated heterocycles.